The lowest BCUT2D eigenvalue weighted by Gasteiger charge is -2.11. The van der Waals surface area contributed by atoms with Crippen LogP contribution in [0.2, 0.25) is 0 Å². The number of benzene rings is 2. The second kappa shape index (κ2) is 9.56. The van der Waals surface area contributed by atoms with Crippen molar-refractivity contribution in [3.05, 3.63) is 95.6 Å². The van der Waals surface area contributed by atoms with Crippen molar-refractivity contribution in [1.82, 2.24) is 15.3 Å². The van der Waals surface area contributed by atoms with Crippen LogP contribution in [0.25, 0.3) is 21.8 Å². The average molecular weight is 402 g/mol. The fourth-order valence-corrected chi connectivity index (χ4v) is 3.96. The van der Waals surface area contributed by atoms with Crippen molar-refractivity contribution in [2.75, 3.05) is 13.1 Å². The highest BCUT2D eigenvalue weighted by Crippen LogP contribution is 2.28. The van der Waals surface area contributed by atoms with Crippen LogP contribution in [0.4, 0.5) is 0 Å². The molecule has 0 fully saturated rings. The molecule has 0 bridgehead atoms. The fraction of sp³-hybridized carbons (Fsp3) is 0.167. The first kappa shape index (κ1) is 19.5. The van der Waals surface area contributed by atoms with E-state index in [1.54, 1.807) is 23.7 Å². The summed E-state index contributed by atoms with van der Waals surface area (Å²) in [5.41, 5.74) is 5.39. The van der Waals surface area contributed by atoms with Gasteiger partial charge in [-0.25, -0.2) is 4.98 Å². The minimum absolute atomic E-state index is 0.519. The molecule has 0 aliphatic carbocycles. The van der Waals surface area contributed by atoms with Gasteiger partial charge in [0.05, 0.1) is 11.8 Å². The van der Waals surface area contributed by atoms with Gasteiger partial charge in [-0.05, 0) is 24.6 Å². The molecule has 2 heterocycles. The largest absolute Gasteiger partial charge is 0.387 e. The Hall–Kier alpha value is -2.86. The van der Waals surface area contributed by atoms with Gasteiger partial charge in [0.15, 0.2) is 0 Å². The molecule has 0 aliphatic rings. The maximum absolute atomic E-state index is 10.2. The second-order valence-electron chi connectivity index (χ2n) is 6.86. The topological polar surface area (TPSA) is 58.0 Å². The Labute approximate surface area is 174 Å². The van der Waals surface area contributed by atoms with E-state index in [1.807, 2.05) is 30.3 Å². The molecular weight excluding hydrogens is 378 g/mol. The average Bonchev–Trinajstić information content (AvgIpc) is 3.28. The molecule has 0 aliphatic heterocycles. The number of pyridine rings is 1. The van der Waals surface area contributed by atoms with E-state index in [1.165, 1.54) is 5.56 Å². The van der Waals surface area contributed by atoms with Crippen molar-refractivity contribution >= 4 is 11.3 Å². The molecule has 1 unspecified atom stereocenters. The lowest BCUT2D eigenvalue weighted by atomic mass is 10.1. The molecular formula is C24H23N3OS. The lowest BCUT2D eigenvalue weighted by molar-refractivity contribution is 0.174. The molecule has 1 atom stereocenters. The molecule has 4 nitrogen and oxygen atoms in total. The van der Waals surface area contributed by atoms with Gasteiger partial charge in [0.1, 0.15) is 5.01 Å². The number of nitrogens with one attached hydrogen (secondary N) is 1. The third-order valence-electron chi connectivity index (χ3n) is 4.77. The van der Waals surface area contributed by atoms with E-state index in [2.05, 4.69) is 52.1 Å². The van der Waals surface area contributed by atoms with Crippen LogP contribution in [-0.2, 0) is 6.42 Å². The molecule has 0 radical (unpaired) electrons. The number of aromatic nitrogens is 2. The first-order valence-electron chi connectivity index (χ1n) is 9.68. The molecule has 2 aromatic heterocycles. The van der Waals surface area contributed by atoms with Crippen LogP contribution in [0, 0.1) is 0 Å². The van der Waals surface area contributed by atoms with Crippen LogP contribution < -0.4 is 5.32 Å². The Bertz CT molecular complexity index is 1020. The number of nitrogens with zero attached hydrogens (tertiary/aromatic N) is 2. The first-order valence-corrected chi connectivity index (χ1v) is 10.6. The molecule has 4 aromatic rings. The molecule has 4 rings (SSSR count). The van der Waals surface area contributed by atoms with Gasteiger partial charge in [-0.3, -0.25) is 4.98 Å². The Balaban J connectivity index is 1.29. The fourth-order valence-electron chi connectivity index (χ4n) is 3.12. The molecule has 0 spiro atoms. The van der Waals surface area contributed by atoms with Gasteiger partial charge in [0.25, 0.3) is 0 Å². The first-order chi connectivity index (χ1) is 14.3. The standard InChI is InChI=1S/C24H23N3OS/c28-23(21-7-4-13-25-15-21)16-26-14-12-18-8-10-19(11-9-18)22-17-29-24(27-22)20-5-2-1-3-6-20/h1-11,13,15,17,23,26,28H,12,14,16H2. The van der Waals surface area contributed by atoms with Crippen molar-refractivity contribution in [1.29, 1.82) is 0 Å². The summed E-state index contributed by atoms with van der Waals surface area (Å²) in [4.78, 5) is 8.82. The predicted molar refractivity (Wildman–Crippen MR) is 119 cm³/mol. The zero-order valence-electron chi connectivity index (χ0n) is 16.0. The predicted octanol–water partition coefficient (Wildman–Crippen LogP) is 4.74. The molecule has 0 saturated heterocycles. The van der Waals surface area contributed by atoms with E-state index in [0.717, 1.165) is 40.4 Å². The highest BCUT2D eigenvalue weighted by molar-refractivity contribution is 7.13. The zero-order valence-corrected chi connectivity index (χ0v) is 16.8. The van der Waals surface area contributed by atoms with Crippen molar-refractivity contribution in [2.24, 2.45) is 0 Å². The van der Waals surface area contributed by atoms with Crippen molar-refractivity contribution < 1.29 is 5.11 Å². The van der Waals surface area contributed by atoms with Crippen molar-refractivity contribution in [3.63, 3.8) is 0 Å². The van der Waals surface area contributed by atoms with E-state index in [0.29, 0.717) is 6.54 Å². The minimum atomic E-state index is -0.533. The highest BCUT2D eigenvalue weighted by atomic mass is 32.1. The molecule has 0 saturated carbocycles. The van der Waals surface area contributed by atoms with Gasteiger partial charge in [-0.1, -0.05) is 60.7 Å². The van der Waals surface area contributed by atoms with Crippen LogP contribution in [0.15, 0.2) is 84.5 Å². The summed E-state index contributed by atoms with van der Waals surface area (Å²) in [5.74, 6) is 0. The quantitative estimate of drug-likeness (QED) is 0.419. The van der Waals surface area contributed by atoms with Crippen LogP contribution in [0.1, 0.15) is 17.2 Å². The summed E-state index contributed by atoms with van der Waals surface area (Å²) in [6.45, 7) is 1.33. The third-order valence-corrected chi connectivity index (χ3v) is 5.66. The van der Waals surface area contributed by atoms with Crippen LogP contribution >= 0.6 is 11.3 Å². The molecule has 5 heteroatoms. The van der Waals surface area contributed by atoms with Crippen LogP contribution in [0.3, 0.4) is 0 Å². The number of hydrogen-bond acceptors (Lipinski definition) is 5. The van der Waals surface area contributed by atoms with Gasteiger partial charge >= 0.3 is 0 Å². The molecule has 146 valence electrons. The molecule has 2 N–H and O–H groups in total. The highest BCUT2D eigenvalue weighted by Gasteiger charge is 2.08. The summed E-state index contributed by atoms with van der Waals surface area (Å²) in [7, 11) is 0. The number of rotatable bonds is 8. The maximum atomic E-state index is 10.2. The maximum Gasteiger partial charge on any atom is 0.124 e. The van der Waals surface area contributed by atoms with Gasteiger partial charge in [-0.15, -0.1) is 11.3 Å². The number of hydrogen-bond donors (Lipinski definition) is 2. The molecule has 29 heavy (non-hydrogen) atoms. The summed E-state index contributed by atoms with van der Waals surface area (Å²) in [6, 6.07) is 22.5. The monoisotopic (exact) mass is 401 g/mol. The van der Waals surface area contributed by atoms with Gasteiger partial charge in [0, 0.05) is 41.0 Å². The van der Waals surface area contributed by atoms with Gasteiger partial charge in [-0.2, -0.15) is 0 Å². The smallest absolute Gasteiger partial charge is 0.124 e. The number of aliphatic hydroxyl groups is 1. The Morgan fingerprint density at radius 1 is 0.931 bits per heavy atom. The van der Waals surface area contributed by atoms with E-state index < -0.39 is 6.10 Å². The van der Waals surface area contributed by atoms with Gasteiger partial charge in [0.2, 0.25) is 0 Å². The van der Waals surface area contributed by atoms with E-state index in [9.17, 15) is 5.11 Å². The summed E-state index contributed by atoms with van der Waals surface area (Å²) in [5, 5.41) is 16.6. The van der Waals surface area contributed by atoms with Crippen molar-refractivity contribution in [3.8, 4) is 21.8 Å². The van der Waals surface area contributed by atoms with Gasteiger partial charge < -0.3 is 10.4 Å². The summed E-state index contributed by atoms with van der Waals surface area (Å²) in [6.07, 6.45) is 3.79. The number of aliphatic hydroxyl groups excluding tert-OH is 1. The summed E-state index contributed by atoms with van der Waals surface area (Å²) < 4.78 is 0. The minimum Gasteiger partial charge on any atom is -0.387 e. The third kappa shape index (κ3) is 5.15. The van der Waals surface area contributed by atoms with E-state index in [-0.39, 0.29) is 0 Å². The normalized spacial score (nSPS) is 12.0. The Morgan fingerprint density at radius 2 is 1.76 bits per heavy atom. The second-order valence-corrected chi connectivity index (χ2v) is 7.72. The van der Waals surface area contributed by atoms with Crippen LogP contribution in [0.5, 0.6) is 0 Å². The SMILES string of the molecule is OC(CNCCc1ccc(-c2csc(-c3ccccc3)n2)cc1)c1cccnc1. The lowest BCUT2D eigenvalue weighted by Crippen LogP contribution is -2.23. The summed E-state index contributed by atoms with van der Waals surface area (Å²) >= 11 is 1.67. The van der Waals surface area contributed by atoms with E-state index in [4.69, 9.17) is 4.98 Å². The zero-order chi connectivity index (χ0) is 19.9. The number of thiazole rings is 1. The van der Waals surface area contributed by atoms with Crippen molar-refractivity contribution in [2.45, 2.75) is 12.5 Å². The molecule has 2 aromatic carbocycles. The van der Waals surface area contributed by atoms with E-state index >= 15 is 0 Å². The molecule has 0 amide bonds. The Morgan fingerprint density at radius 3 is 2.52 bits per heavy atom. The van der Waals surface area contributed by atoms with Crippen LogP contribution in [-0.4, -0.2) is 28.2 Å². The Kier molecular flexibility index (Phi) is 6.42.